The Morgan fingerprint density at radius 1 is 0.913 bits per heavy atom. The highest BCUT2D eigenvalue weighted by molar-refractivity contribution is 6.09. The minimum Gasteiger partial charge on any atom is -0.380 e. The molecule has 0 radical (unpaired) electrons. The van der Waals surface area contributed by atoms with Crippen LogP contribution in [0.15, 0.2) is 54.6 Å². The lowest BCUT2D eigenvalue weighted by Crippen LogP contribution is -2.40. The third-order valence-corrected chi connectivity index (χ3v) is 4.27. The van der Waals surface area contributed by atoms with E-state index < -0.39 is 5.60 Å². The number of hydrogen-bond acceptors (Lipinski definition) is 3. The maximum atomic E-state index is 12.4. The third kappa shape index (κ3) is 3.32. The van der Waals surface area contributed by atoms with Crippen LogP contribution < -0.4 is 5.32 Å². The first kappa shape index (κ1) is 15.4. The number of anilines is 1. The van der Waals surface area contributed by atoms with Crippen LogP contribution in [0.2, 0.25) is 0 Å². The second kappa shape index (κ2) is 6.34. The maximum Gasteiger partial charge on any atom is 0.256 e. The number of amides is 1. The van der Waals surface area contributed by atoms with Crippen molar-refractivity contribution in [3.05, 3.63) is 65.7 Å². The van der Waals surface area contributed by atoms with Crippen LogP contribution in [0.1, 0.15) is 41.6 Å². The predicted octanol–water partition coefficient (Wildman–Crippen LogP) is 3.16. The number of rotatable bonds is 4. The zero-order valence-corrected chi connectivity index (χ0v) is 12.8. The van der Waals surface area contributed by atoms with Crippen LogP contribution in [0.25, 0.3) is 0 Å². The van der Waals surface area contributed by atoms with Gasteiger partial charge in [0.2, 0.25) is 0 Å². The summed E-state index contributed by atoms with van der Waals surface area (Å²) < 4.78 is 0. The van der Waals surface area contributed by atoms with E-state index in [1.54, 1.807) is 36.4 Å². The van der Waals surface area contributed by atoms with E-state index in [1.165, 1.54) is 0 Å². The van der Waals surface area contributed by atoms with Crippen LogP contribution in [-0.4, -0.2) is 22.4 Å². The average molecular weight is 309 g/mol. The molecule has 2 N–H and O–H groups in total. The van der Waals surface area contributed by atoms with E-state index in [4.69, 9.17) is 0 Å². The first-order chi connectivity index (χ1) is 11.1. The quantitative estimate of drug-likeness (QED) is 0.853. The minimum atomic E-state index is -1.28. The lowest BCUT2D eigenvalue weighted by molar-refractivity contribution is -0.133. The summed E-state index contributed by atoms with van der Waals surface area (Å²) in [4.78, 5) is 24.7. The monoisotopic (exact) mass is 309 g/mol. The Morgan fingerprint density at radius 2 is 1.57 bits per heavy atom. The SMILES string of the molecule is O=C(c1ccccc1)c1cccc(NC(=O)C2(O)CCCC2)c1. The summed E-state index contributed by atoms with van der Waals surface area (Å²) in [6, 6.07) is 15.8. The number of ketones is 1. The van der Waals surface area contributed by atoms with Crippen molar-refractivity contribution < 1.29 is 14.7 Å². The summed E-state index contributed by atoms with van der Waals surface area (Å²) in [7, 11) is 0. The smallest absolute Gasteiger partial charge is 0.256 e. The molecule has 0 bridgehead atoms. The average Bonchev–Trinajstić information content (AvgIpc) is 3.03. The molecular formula is C19H19NO3. The Balaban J connectivity index is 1.78. The number of carbonyl (C=O) groups excluding carboxylic acids is 2. The summed E-state index contributed by atoms with van der Waals surface area (Å²) in [5.74, 6) is -0.486. The zero-order chi connectivity index (χ0) is 16.3. The van der Waals surface area contributed by atoms with E-state index in [9.17, 15) is 14.7 Å². The minimum absolute atomic E-state index is 0.0960. The van der Waals surface area contributed by atoms with Crippen molar-refractivity contribution in [2.75, 3.05) is 5.32 Å². The summed E-state index contributed by atoms with van der Waals surface area (Å²) in [6.45, 7) is 0. The van der Waals surface area contributed by atoms with Gasteiger partial charge in [0.15, 0.2) is 5.78 Å². The van der Waals surface area contributed by atoms with Crippen molar-refractivity contribution in [2.24, 2.45) is 0 Å². The summed E-state index contributed by atoms with van der Waals surface area (Å²) >= 11 is 0. The number of carbonyl (C=O) groups is 2. The van der Waals surface area contributed by atoms with Crippen molar-refractivity contribution in [2.45, 2.75) is 31.3 Å². The van der Waals surface area contributed by atoms with Gasteiger partial charge in [0.25, 0.3) is 5.91 Å². The van der Waals surface area contributed by atoms with Crippen LogP contribution >= 0.6 is 0 Å². The molecule has 1 fully saturated rings. The van der Waals surface area contributed by atoms with Crippen molar-refractivity contribution in [3.8, 4) is 0 Å². The molecule has 0 heterocycles. The van der Waals surface area contributed by atoms with E-state index in [0.29, 0.717) is 29.7 Å². The molecule has 1 aliphatic rings. The fourth-order valence-electron chi connectivity index (χ4n) is 2.93. The molecule has 1 amide bonds. The van der Waals surface area contributed by atoms with Gasteiger partial charge in [-0.05, 0) is 37.8 Å². The van der Waals surface area contributed by atoms with Gasteiger partial charge in [-0.15, -0.1) is 0 Å². The van der Waals surface area contributed by atoms with Crippen molar-refractivity contribution in [1.82, 2.24) is 0 Å². The second-order valence-corrected chi connectivity index (χ2v) is 5.97. The van der Waals surface area contributed by atoms with E-state index in [1.807, 2.05) is 18.2 Å². The van der Waals surface area contributed by atoms with Gasteiger partial charge in [0, 0.05) is 16.8 Å². The van der Waals surface area contributed by atoms with Gasteiger partial charge in [0.1, 0.15) is 5.60 Å². The fraction of sp³-hybridized carbons (Fsp3) is 0.263. The molecule has 0 aliphatic heterocycles. The molecule has 4 heteroatoms. The van der Waals surface area contributed by atoms with Crippen LogP contribution in [0, 0.1) is 0 Å². The highest BCUT2D eigenvalue weighted by atomic mass is 16.3. The number of benzene rings is 2. The van der Waals surface area contributed by atoms with Gasteiger partial charge in [-0.3, -0.25) is 9.59 Å². The molecule has 23 heavy (non-hydrogen) atoms. The topological polar surface area (TPSA) is 66.4 Å². The van der Waals surface area contributed by atoms with Crippen molar-refractivity contribution in [3.63, 3.8) is 0 Å². The molecule has 2 aromatic rings. The van der Waals surface area contributed by atoms with Gasteiger partial charge in [-0.25, -0.2) is 0 Å². The van der Waals surface area contributed by atoms with Crippen LogP contribution in [0.4, 0.5) is 5.69 Å². The first-order valence-electron chi connectivity index (χ1n) is 7.82. The maximum absolute atomic E-state index is 12.4. The molecule has 0 atom stereocenters. The lowest BCUT2D eigenvalue weighted by atomic mass is 10.0. The largest absolute Gasteiger partial charge is 0.380 e. The van der Waals surface area contributed by atoms with Crippen LogP contribution in [-0.2, 0) is 4.79 Å². The molecule has 118 valence electrons. The molecule has 0 saturated heterocycles. The zero-order valence-electron chi connectivity index (χ0n) is 12.8. The van der Waals surface area contributed by atoms with E-state index >= 15 is 0 Å². The van der Waals surface area contributed by atoms with Crippen LogP contribution in [0.5, 0.6) is 0 Å². The van der Waals surface area contributed by atoms with E-state index in [2.05, 4.69) is 5.32 Å². The molecule has 3 rings (SSSR count). The van der Waals surface area contributed by atoms with Gasteiger partial charge >= 0.3 is 0 Å². The Bertz CT molecular complexity index is 718. The normalized spacial score (nSPS) is 16.0. The van der Waals surface area contributed by atoms with E-state index in [-0.39, 0.29) is 11.7 Å². The fourth-order valence-corrected chi connectivity index (χ4v) is 2.93. The predicted molar refractivity (Wildman–Crippen MR) is 88.4 cm³/mol. The number of aliphatic hydroxyl groups is 1. The summed E-state index contributed by atoms with van der Waals surface area (Å²) in [6.07, 6.45) is 2.69. The van der Waals surface area contributed by atoms with Gasteiger partial charge < -0.3 is 10.4 Å². The summed E-state index contributed by atoms with van der Waals surface area (Å²) in [5.41, 5.74) is 0.356. The second-order valence-electron chi connectivity index (χ2n) is 5.97. The Labute approximate surface area is 135 Å². The summed E-state index contributed by atoms with van der Waals surface area (Å²) in [5, 5.41) is 13.0. The molecule has 2 aromatic carbocycles. The number of hydrogen-bond donors (Lipinski definition) is 2. The highest BCUT2D eigenvalue weighted by Gasteiger charge is 2.38. The molecule has 0 unspecified atom stereocenters. The molecule has 1 aliphatic carbocycles. The standard InChI is InChI=1S/C19H19NO3/c21-17(14-7-2-1-3-8-14)15-9-6-10-16(13-15)20-18(22)19(23)11-4-5-12-19/h1-3,6-10,13,23H,4-5,11-12H2,(H,20,22). The Hall–Kier alpha value is -2.46. The Kier molecular flexibility index (Phi) is 4.26. The van der Waals surface area contributed by atoms with Gasteiger partial charge in [0.05, 0.1) is 0 Å². The Morgan fingerprint density at radius 3 is 2.26 bits per heavy atom. The molecule has 0 aromatic heterocycles. The van der Waals surface area contributed by atoms with Crippen molar-refractivity contribution >= 4 is 17.4 Å². The van der Waals surface area contributed by atoms with Gasteiger partial charge in [-0.1, -0.05) is 42.5 Å². The van der Waals surface area contributed by atoms with Crippen LogP contribution in [0.3, 0.4) is 0 Å². The third-order valence-electron chi connectivity index (χ3n) is 4.27. The lowest BCUT2D eigenvalue weighted by Gasteiger charge is -2.21. The molecule has 0 spiro atoms. The molecular weight excluding hydrogens is 290 g/mol. The van der Waals surface area contributed by atoms with Gasteiger partial charge in [-0.2, -0.15) is 0 Å². The molecule has 1 saturated carbocycles. The van der Waals surface area contributed by atoms with Crippen molar-refractivity contribution in [1.29, 1.82) is 0 Å². The highest BCUT2D eigenvalue weighted by Crippen LogP contribution is 2.30. The van der Waals surface area contributed by atoms with E-state index in [0.717, 1.165) is 12.8 Å². The number of nitrogens with one attached hydrogen (secondary N) is 1. The molecule has 4 nitrogen and oxygen atoms in total. The first-order valence-corrected chi connectivity index (χ1v) is 7.82.